The fourth-order valence-electron chi connectivity index (χ4n) is 1.42. The summed E-state index contributed by atoms with van der Waals surface area (Å²) >= 11 is 11.8. The summed E-state index contributed by atoms with van der Waals surface area (Å²) in [5.41, 5.74) is 6.15. The summed E-state index contributed by atoms with van der Waals surface area (Å²) in [5.74, 6) is 0. The Labute approximate surface area is 123 Å². The van der Waals surface area contributed by atoms with Crippen molar-refractivity contribution in [1.29, 1.82) is 0 Å². The van der Waals surface area contributed by atoms with Crippen LogP contribution in [0.1, 0.15) is 32.4 Å². The van der Waals surface area contributed by atoms with Gasteiger partial charge in [0.1, 0.15) is 5.60 Å². The van der Waals surface area contributed by atoms with Gasteiger partial charge in [0.25, 0.3) is 0 Å². The minimum atomic E-state index is -0.536. The van der Waals surface area contributed by atoms with Gasteiger partial charge in [0.2, 0.25) is 0 Å². The van der Waals surface area contributed by atoms with Gasteiger partial charge >= 0.3 is 6.09 Å². The Bertz CT molecular complexity index is 458. The van der Waals surface area contributed by atoms with Crippen LogP contribution in [0.2, 0.25) is 10.0 Å². The van der Waals surface area contributed by atoms with Crippen LogP contribution in [0.15, 0.2) is 18.2 Å². The van der Waals surface area contributed by atoms with Gasteiger partial charge in [-0.25, -0.2) is 4.79 Å². The number of hydrogen-bond acceptors (Lipinski definition) is 3. The molecule has 0 saturated carbocycles. The minimum absolute atomic E-state index is 0.232. The summed E-state index contributed by atoms with van der Waals surface area (Å²) in [6.45, 7) is 5.62. The second kappa shape index (κ2) is 6.46. The van der Waals surface area contributed by atoms with Gasteiger partial charge in [-0.1, -0.05) is 29.3 Å². The highest BCUT2D eigenvalue weighted by atomic mass is 35.5. The Morgan fingerprint density at radius 1 is 1.42 bits per heavy atom. The van der Waals surface area contributed by atoms with Crippen LogP contribution < -0.4 is 11.1 Å². The maximum absolute atomic E-state index is 11.5. The van der Waals surface area contributed by atoms with Crippen molar-refractivity contribution < 1.29 is 9.53 Å². The van der Waals surface area contributed by atoms with Crippen LogP contribution in [-0.4, -0.2) is 18.2 Å². The molecule has 1 amide bonds. The van der Waals surface area contributed by atoms with Crippen LogP contribution in [0, 0.1) is 0 Å². The number of ether oxygens (including phenoxy) is 1. The molecule has 4 nitrogen and oxygen atoms in total. The number of carbonyl (C=O) groups is 1. The second-order valence-corrected chi connectivity index (χ2v) is 6.00. The predicted octanol–water partition coefficient (Wildman–Crippen LogP) is 3.52. The first-order chi connectivity index (χ1) is 8.69. The van der Waals surface area contributed by atoms with Gasteiger partial charge in [-0.15, -0.1) is 0 Å². The van der Waals surface area contributed by atoms with Gasteiger partial charge in [0.15, 0.2) is 0 Å². The van der Waals surface area contributed by atoms with E-state index in [9.17, 15) is 4.79 Å². The summed E-state index contributed by atoms with van der Waals surface area (Å²) < 4.78 is 5.11. The lowest BCUT2D eigenvalue weighted by atomic mass is 10.1. The van der Waals surface area contributed by atoms with Crippen molar-refractivity contribution in [3.63, 3.8) is 0 Å². The molecule has 0 aliphatic heterocycles. The average molecular weight is 305 g/mol. The zero-order valence-electron chi connectivity index (χ0n) is 11.2. The molecule has 1 aromatic carbocycles. The molecule has 1 atom stereocenters. The molecule has 6 heteroatoms. The van der Waals surface area contributed by atoms with E-state index in [0.29, 0.717) is 10.0 Å². The molecular weight excluding hydrogens is 287 g/mol. The normalized spacial score (nSPS) is 12.9. The zero-order chi connectivity index (χ0) is 14.6. The molecule has 1 rings (SSSR count). The van der Waals surface area contributed by atoms with Crippen LogP contribution in [0.4, 0.5) is 4.79 Å². The van der Waals surface area contributed by atoms with Gasteiger partial charge in [-0.2, -0.15) is 0 Å². The Balaban J connectivity index is 2.56. The summed E-state index contributed by atoms with van der Waals surface area (Å²) in [4.78, 5) is 11.5. The molecule has 0 saturated heterocycles. The summed E-state index contributed by atoms with van der Waals surface area (Å²) in [5, 5.41) is 3.62. The van der Waals surface area contributed by atoms with E-state index in [1.807, 2.05) is 0 Å². The molecule has 0 aromatic heterocycles. The number of carbonyl (C=O) groups excluding carboxylic acids is 1. The topological polar surface area (TPSA) is 64.3 Å². The van der Waals surface area contributed by atoms with Gasteiger partial charge in [0.05, 0.1) is 0 Å². The quantitative estimate of drug-likeness (QED) is 0.898. The Morgan fingerprint density at radius 3 is 2.58 bits per heavy atom. The van der Waals surface area contributed by atoms with Gasteiger partial charge < -0.3 is 15.8 Å². The van der Waals surface area contributed by atoms with E-state index >= 15 is 0 Å². The SMILES string of the molecule is CC(C)(C)OC(=O)NC[C@H](N)c1ccc(Cl)cc1Cl. The first-order valence-corrected chi connectivity index (χ1v) is 6.62. The largest absolute Gasteiger partial charge is 0.444 e. The highest BCUT2D eigenvalue weighted by molar-refractivity contribution is 6.35. The Hall–Kier alpha value is -0.970. The fourth-order valence-corrected chi connectivity index (χ4v) is 1.97. The molecule has 0 radical (unpaired) electrons. The number of halogens is 2. The minimum Gasteiger partial charge on any atom is -0.444 e. The molecule has 0 unspecified atom stereocenters. The van der Waals surface area contributed by atoms with Crippen LogP contribution in [0.3, 0.4) is 0 Å². The van der Waals surface area contributed by atoms with E-state index in [2.05, 4.69) is 5.32 Å². The first-order valence-electron chi connectivity index (χ1n) is 5.86. The first kappa shape index (κ1) is 16.1. The van der Waals surface area contributed by atoms with E-state index in [-0.39, 0.29) is 6.54 Å². The van der Waals surface area contributed by atoms with E-state index in [1.165, 1.54) is 0 Å². The molecule has 0 heterocycles. The van der Waals surface area contributed by atoms with Crippen molar-refractivity contribution >= 4 is 29.3 Å². The number of nitrogens with one attached hydrogen (secondary N) is 1. The van der Waals surface area contributed by atoms with E-state index in [4.69, 9.17) is 33.7 Å². The van der Waals surface area contributed by atoms with E-state index in [0.717, 1.165) is 5.56 Å². The molecule has 0 spiro atoms. The molecule has 3 N–H and O–H groups in total. The van der Waals surface area contributed by atoms with Crippen LogP contribution in [0.25, 0.3) is 0 Å². The molecule has 106 valence electrons. The third-order valence-corrected chi connectivity index (χ3v) is 2.79. The molecule has 19 heavy (non-hydrogen) atoms. The lowest BCUT2D eigenvalue weighted by Crippen LogP contribution is -2.36. The van der Waals surface area contributed by atoms with Crippen molar-refractivity contribution in [3.05, 3.63) is 33.8 Å². The van der Waals surface area contributed by atoms with Crippen molar-refractivity contribution in [2.45, 2.75) is 32.4 Å². The second-order valence-electron chi connectivity index (χ2n) is 5.16. The van der Waals surface area contributed by atoms with Gasteiger partial charge in [-0.3, -0.25) is 0 Å². The van der Waals surface area contributed by atoms with Crippen LogP contribution in [-0.2, 0) is 4.74 Å². The number of amides is 1. The number of hydrogen-bond donors (Lipinski definition) is 2. The maximum Gasteiger partial charge on any atom is 0.407 e. The van der Waals surface area contributed by atoms with Crippen molar-refractivity contribution in [2.75, 3.05) is 6.54 Å². The lowest BCUT2D eigenvalue weighted by molar-refractivity contribution is 0.0524. The van der Waals surface area contributed by atoms with Gasteiger partial charge in [-0.05, 0) is 38.5 Å². The van der Waals surface area contributed by atoms with E-state index < -0.39 is 17.7 Å². The fraction of sp³-hybridized carbons (Fsp3) is 0.462. The highest BCUT2D eigenvalue weighted by Crippen LogP contribution is 2.24. The molecular formula is C13H18Cl2N2O2. The van der Waals surface area contributed by atoms with Crippen molar-refractivity contribution in [3.8, 4) is 0 Å². The van der Waals surface area contributed by atoms with Crippen LogP contribution >= 0.6 is 23.2 Å². The lowest BCUT2D eigenvalue weighted by Gasteiger charge is -2.21. The summed E-state index contributed by atoms with van der Waals surface area (Å²) in [7, 11) is 0. The smallest absolute Gasteiger partial charge is 0.407 e. The summed E-state index contributed by atoms with van der Waals surface area (Å²) in [6, 6.07) is 4.64. The third kappa shape index (κ3) is 5.68. The molecule has 0 bridgehead atoms. The number of benzene rings is 1. The molecule has 0 aliphatic rings. The molecule has 0 aliphatic carbocycles. The highest BCUT2D eigenvalue weighted by Gasteiger charge is 2.17. The number of alkyl carbamates (subject to hydrolysis) is 1. The van der Waals surface area contributed by atoms with Gasteiger partial charge in [0, 0.05) is 22.6 Å². The average Bonchev–Trinajstić information content (AvgIpc) is 2.23. The Kier molecular flexibility index (Phi) is 5.47. The molecule has 0 fully saturated rings. The van der Waals surface area contributed by atoms with Crippen molar-refractivity contribution in [2.24, 2.45) is 5.73 Å². The zero-order valence-corrected chi connectivity index (χ0v) is 12.7. The molecule has 1 aromatic rings. The predicted molar refractivity (Wildman–Crippen MR) is 77.6 cm³/mol. The maximum atomic E-state index is 11.5. The standard InChI is InChI=1S/C13H18Cl2N2O2/c1-13(2,3)19-12(18)17-7-11(16)9-5-4-8(14)6-10(9)15/h4-6,11H,7,16H2,1-3H3,(H,17,18)/t11-/m0/s1. The monoisotopic (exact) mass is 304 g/mol. The van der Waals surface area contributed by atoms with Crippen LogP contribution in [0.5, 0.6) is 0 Å². The van der Waals surface area contributed by atoms with Crippen molar-refractivity contribution in [1.82, 2.24) is 5.32 Å². The number of rotatable bonds is 3. The summed E-state index contributed by atoms with van der Waals surface area (Å²) in [6.07, 6.45) is -0.506. The third-order valence-electron chi connectivity index (χ3n) is 2.23. The number of nitrogens with two attached hydrogens (primary N) is 1. The van der Waals surface area contributed by atoms with E-state index in [1.54, 1.807) is 39.0 Å². The Morgan fingerprint density at radius 2 is 2.05 bits per heavy atom.